The highest BCUT2D eigenvalue weighted by atomic mass is 32.2. The second-order valence-electron chi connectivity index (χ2n) is 7.22. The fraction of sp³-hybridized carbons (Fsp3) is 0.250. The smallest absolute Gasteiger partial charge is 0.256 e. The molecule has 1 fully saturated rings. The van der Waals surface area contributed by atoms with Gasteiger partial charge >= 0.3 is 0 Å². The number of amides is 1. The number of nitrogens with zero attached hydrogens (tertiary/aromatic N) is 2. The lowest BCUT2D eigenvalue weighted by Crippen LogP contribution is -2.33. The number of hydrogen-bond donors (Lipinski definition) is 0. The van der Waals surface area contributed by atoms with Crippen LogP contribution in [0.3, 0.4) is 0 Å². The third-order valence-electron chi connectivity index (χ3n) is 5.47. The molecule has 148 valence electrons. The number of carbonyl (C=O) groups is 1. The quantitative estimate of drug-likeness (QED) is 0.639. The molecule has 0 aliphatic carbocycles. The Morgan fingerprint density at radius 3 is 2.66 bits per heavy atom. The molecule has 5 heteroatoms. The Labute approximate surface area is 175 Å². The minimum absolute atomic E-state index is 0.0255. The molecule has 0 radical (unpaired) electrons. The zero-order valence-electron chi connectivity index (χ0n) is 16.2. The van der Waals surface area contributed by atoms with Crippen LogP contribution in [-0.2, 0) is 4.79 Å². The van der Waals surface area contributed by atoms with E-state index in [-0.39, 0.29) is 17.0 Å². The molecule has 0 spiro atoms. The molecule has 2 unspecified atom stereocenters. The second kappa shape index (κ2) is 8.37. The third-order valence-corrected chi connectivity index (χ3v) is 6.83. The van der Waals surface area contributed by atoms with Gasteiger partial charge in [0.05, 0.1) is 17.0 Å². The molecule has 1 saturated heterocycles. The zero-order valence-corrected chi connectivity index (χ0v) is 17.0. The Kier molecular flexibility index (Phi) is 5.67. The number of rotatable bonds is 5. The van der Waals surface area contributed by atoms with E-state index in [1.807, 2.05) is 18.2 Å². The summed E-state index contributed by atoms with van der Waals surface area (Å²) in [4.78, 5) is 13.2. The van der Waals surface area contributed by atoms with E-state index in [9.17, 15) is 9.18 Å². The van der Waals surface area contributed by atoms with Gasteiger partial charge in [0.1, 0.15) is 5.82 Å². The molecule has 2 heterocycles. The van der Waals surface area contributed by atoms with Crippen LogP contribution in [0, 0.1) is 5.82 Å². The lowest BCUT2D eigenvalue weighted by molar-refractivity contribution is -0.132. The maximum absolute atomic E-state index is 14.6. The molecule has 0 aromatic heterocycles. The second-order valence-corrected chi connectivity index (χ2v) is 8.54. The zero-order chi connectivity index (χ0) is 20.4. The van der Waals surface area contributed by atoms with E-state index in [1.165, 1.54) is 11.1 Å². The minimum atomic E-state index is -0.425. The molecule has 29 heavy (non-hydrogen) atoms. The monoisotopic (exact) mass is 406 g/mol. The molecular weight excluding hydrogens is 383 g/mol. The molecule has 2 aromatic rings. The van der Waals surface area contributed by atoms with Crippen LogP contribution in [0.15, 0.2) is 60.7 Å². The Balaban J connectivity index is 1.73. The largest absolute Gasteiger partial charge is 0.272 e. The van der Waals surface area contributed by atoms with Crippen molar-refractivity contribution in [2.45, 2.75) is 30.6 Å². The van der Waals surface area contributed by atoms with Gasteiger partial charge in [0.2, 0.25) is 0 Å². The highest BCUT2D eigenvalue weighted by molar-refractivity contribution is 8.00. The molecule has 4 rings (SSSR count). The maximum Gasteiger partial charge on any atom is 0.256 e. The number of hydrogen-bond acceptors (Lipinski definition) is 3. The molecule has 2 aromatic carbocycles. The SMILES string of the molecule is C=Cc1ccc(C2=NN(C(=O)C3CCCS3)C(c3ccccc3F)C2)cc1C=C. The predicted molar refractivity (Wildman–Crippen MR) is 119 cm³/mol. The first kappa shape index (κ1) is 19.6. The maximum atomic E-state index is 14.6. The molecule has 0 N–H and O–H groups in total. The summed E-state index contributed by atoms with van der Waals surface area (Å²) in [6, 6.07) is 12.2. The van der Waals surface area contributed by atoms with Gasteiger partial charge in [0, 0.05) is 12.0 Å². The molecule has 0 bridgehead atoms. The lowest BCUT2D eigenvalue weighted by atomic mass is 9.95. The van der Waals surface area contributed by atoms with Gasteiger partial charge in [-0.2, -0.15) is 5.10 Å². The van der Waals surface area contributed by atoms with E-state index in [0.29, 0.717) is 12.0 Å². The van der Waals surface area contributed by atoms with Crippen LogP contribution in [0.2, 0.25) is 0 Å². The van der Waals surface area contributed by atoms with Crippen LogP contribution in [0.25, 0.3) is 12.2 Å². The molecular formula is C24H23FN2OS. The van der Waals surface area contributed by atoms with Crippen LogP contribution < -0.4 is 0 Å². The van der Waals surface area contributed by atoms with Crippen molar-refractivity contribution >= 4 is 35.5 Å². The number of thioether (sulfide) groups is 1. The van der Waals surface area contributed by atoms with Crippen molar-refractivity contribution < 1.29 is 9.18 Å². The highest BCUT2D eigenvalue weighted by Crippen LogP contribution is 2.38. The minimum Gasteiger partial charge on any atom is -0.272 e. The van der Waals surface area contributed by atoms with Gasteiger partial charge in [-0.05, 0) is 47.4 Å². The van der Waals surface area contributed by atoms with Crippen molar-refractivity contribution in [2.24, 2.45) is 5.10 Å². The van der Waals surface area contributed by atoms with Gasteiger partial charge in [-0.1, -0.05) is 55.6 Å². The fourth-order valence-corrected chi connectivity index (χ4v) is 5.11. The standard InChI is InChI=1S/C24H23FN2OS/c1-3-16-11-12-18(14-17(16)4-2)21-15-22(19-8-5-6-9-20(19)25)27(26-21)24(28)23-10-7-13-29-23/h3-6,8-9,11-12,14,22-23H,1-2,7,10,13,15H2. The number of hydrazone groups is 1. The van der Waals surface area contributed by atoms with Gasteiger partial charge in [-0.25, -0.2) is 9.40 Å². The van der Waals surface area contributed by atoms with Crippen molar-refractivity contribution in [3.63, 3.8) is 0 Å². The number of halogens is 1. The van der Waals surface area contributed by atoms with Gasteiger partial charge in [-0.3, -0.25) is 4.79 Å². The van der Waals surface area contributed by atoms with Crippen LogP contribution >= 0.6 is 11.8 Å². The van der Waals surface area contributed by atoms with Crippen LogP contribution in [0.1, 0.15) is 47.6 Å². The Morgan fingerprint density at radius 1 is 1.17 bits per heavy atom. The van der Waals surface area contributed by atoms with Crippen molar-refractivity contribution in [3.05, 3.63) is 83.7 Å². The summed E-state index contributed by atoms with van der Waals surface area (Å²) in [5, 5.41) is 6.11. The van der Waals surface area contributed by atoms with E-state index >= 15 is 0 Å². The molecule has 2 aliphatic rings. The first-order valence-electron chi connectivity index (χ1n) is 9.78. The molecule has 1 amide bonds. The van der Waals surface area contributed by atoms with Gasteiger partial charge in [-0.15, -0.1) is 11.8 Å². The predicted octanol–water partition coefficient (Wildman–Crippen LogP) is 5.69. The normalized spacial score (nSPS) is 21.1. The summed E-state index contributed by atoms with van der Waals surface area (Å²) in [6.07, 6.45) is 5.92. The molecule has 2 atom stereocenters. The van der Waals surface area contributed by atoms with Crippen molar-refractivity contribution in [1.29, 1.82) is 0 Å². The lowest BCUT2D eigenvalue weighted by Gasteiger charge is -2.24. The summed E-state index contributed by atoms with van der Waals surface area (Å²) in [6.45, 7) is 7.70. The molecule has 3 nitrogen and oxygen atoms in total. The van der Waals surface area contributed by atoms with E-state index in [1.54, 1.807) is 42.1 Å². The van der Waals surface area contributed by atoms with E-state index < -0.39 is 6.04 Å². The van der Waals surface area contributed by atoms with Gasteiger partial charge < -0.3 is 0 Å². The van der Waals surface area contributed by atoms with Crippen molar-refractivity contribution in [3.8, 4) is 0 Å². The summed E-state index contributed by atoms with van der Waals surface area (Å²) in [7, 11) is 0. The number of benzene rings is 2. The van der Waals surface area contributed by atoms with E-state index in [4.69, 9.17) is 5.10 Å². The average Bonchev–Trinajstić information content (AvgIpc) is 3.43. The first-order chi connectivity index (χ1) is 14.1. The first-order valence-corrected chi connectivity index (χ1v) is 10.8. The molecule has 0 saturated carbocycles. The Hall–Kier alpha value is -2.66. The molecule has 2 aliphatic heterocycles. The van der Waals surface area contributed by atoms with E-state index in [0.717, 1.165) is 41.0 Å². The van der Waals surface area contributed by atoms with E-state index in [2.05, 4.69) is 13.2 Å². The van der Waals surface area contributed by atoms with Crippen LogP contribution in [0.5, 0.6) is 0 Å². The summed E-state index contributed by atoms with van der Waals surface area (Å²) in [5.74, 6) is 0.652. The number of carbonyl (C=O) groups excluding carboxylic acids is 1. The van der Waals surface area contributed by atoms with Gasteiger partial charge in [0.15, 0.2) is 0 Å². The van der Waals surface area contributed by atoms with Crippen LogP contribution in [-0.4, -0.2) is 27.6 Å². The Bertz CT molecular complexity index is 994. The Morgan fingerprint density at radius 2 is 1.97 bits per heavy atom. The van der Waals surface area contributed by atoms with Crippen molar-refractivity contribution in [1.82, 2.24) is 5.01 Å². The third kappa shape index (κ3) is 3.79. The topological polar surface area (TPSA) is 32.7 Å². The fourth-order valence-electron chi connectivity index (χ4n) is 3.91. The summed E-state index contributed by atoms with van der Waals surface area (Å²) >= 11 is 1.67. The average molecular weight is 407 g/mol. The highest BCUT2D eigenvalue weighted by Gasteiger charge is 2.38. The van der Waals surface area contributed by atoms with Crippen LogP contribution in [0.4, 0.5) is 4.39 Å². The van der Waals surface area contributed by atoms with Crippen molar-refractivity contribution in [2.75, 3.05) is 5.75 Å². The summed E-state index contributed by atoms with van der Waals surface area (Å²) < 4.78 is 14.6. The summed E-state index contributed by atoms with van der Waals surface area (Å²) in [5.41, 5.74) is 4.16. The van der Waals surface area contributed by atoms with Gasteiger partial charge in [0.25, 0.3) is 5.91 Å².